The molecule has 0 bridgehead atoms. The van der Waals surface area contributed by atoms with Crippen molar-refractivity contribution < 1.29 is 4.79 Å². The Bertz CT molecular complexity index is 263. The lowest BCUT2D eigenvalue weighted by Gasteiger charge is -2.13. The van der Waals surface area contributed by atoms with Crippen LogP contribution in [0.25, 0.3) is 0 Å². The van der Waals surface area contributed by atoms with Crippen LogP contribution in [0, 0.1) is 0 Å². The van der Waals surface area contributed by atoms with Gasteiger partial charge in [-0.1, -0.05) is 0 Å². The molecule has 0 aromatic heterocycles. The molecule has 0 aromatic rings. The van der Waals surface area contributed by atoms with Gasteiger partial charge in [-0.15, -0.1) is 0 Å². The lowest BCUT2D eigenvalue weighted by Crippen LogP contribution is -2.43. The van der Waals surface area contributed by atoms with Crippen molar-refractivity contribution in [2.45, 2.75) is 6.92 Å². The van der Waals surface area contributed by atoms with E-state index < -0.39 is 0 Å². The van der Waals surface area contributed by atoms with E-state index in [9.17, 15) is 4.79 Å². The molecule has 0 aromatic carbocycles. The molecule has 1 aliphatic heterocycles. The monoisotopic (exact) mass is 200 g/mol. The highest BCUT2D eigenvalue weighted by Gasteiger charge is 2.21. The first-order valence-electron chi connectivity index (χ1n) is 3.96. The summed E-state index contributed by atoms with van der Waals surface area (Å²) in [4.78, 5) is 13.1. The summed E-state index contributed by atoms with van der Waals surface area (Å²) in [6.07, 6.45) is 1.79. The highest BCUT2D eigenvalue weighted by Crippen LogP contribution is 2.06. The average Bonchev–Trinajstić information content (AvgIpc) is 2.43. The van der Waals surface area contributed by atoms with Crippen molar-refractivity contribution in [1.82, 2.24) is 15.8 Å². The predicted octanol–water partition coefficient (Wildman–Crippen LogP) is -0.930. The summed E-state index contributed by atoms with van der Waals surface area (Å²) in [7, 11) is 0. The molecule has 0 atom stereocenters. The minimum atomic E-state index is -0.0359. The zero-order chi connectivity index (χ0) is 9.84. The van der Waals surface area contributed by atoms with E-state index in [4.69, 9.17) is 5.73 Å². The maximum absolute atomic E-state index is 11.4. The van der Waals surface area contributed by atoms with Crippen LogP contribution in [0.4, 0.5) is 0 Å². The highest BCUT2D eigenvalue weighted by molar-refractivity contribution is 7.80. The third-order valence-corrected chi connectivity index (χ3v) is 1.84. The zero-order valence-electron chi connectivity index (χ0n) is 7.33. The van der Waals surface area contributed by atoms with Crippen LogP contribution in [-0.2, 0) is 4.79 Å². The maximum atomic E-state index is 11.4. The fourth-order valence-corrected chi connectivity index (χ4v) is 1.10. The standard InChI is InChI=1S/C7H12N4OS/c1-2-11-4-3-5(6(11)12)9-10-7(8)13/h3,9H,2,4H2,1H3,(H3,8,10,13). The summed E-state index contributed by atoms with van der Waals surface area (Å²) in [5, 5.41) is 0.114. The van der Waals surface area contributed by atoms with Crippen LogP contribution < -0.4 is 16.6 Å². The summed E-state index contributed by atoms with van der Waals surface area (Å²) >= 11 is 4.58. The molecular formula is C7H12N4OS. The molecule has 6 heteroatoms. The summed E-state index contributed by atoms with van der Waals surface area (Å²) in [5.41, 5.74) is 10.8. The molecule has 0 aliphatic carbocycles. The van der Waals surface area contributed by atoms with Gasteiger partial charge in [0.15, 0.2) is 5.11 Å². The molecule has 13 heavy (non-hydrogen) atoms. The molecule has 0 unspecified atom stereocenters. The van der Waals surface area contributed by atoms with Crippen molar-refractivity contribution in [1.29, 1.82) is 0 Å². The number of carbonyl (C=O) groups is 1. The number of nitrogens with zero attached hydrogens (tertiary/aromatic N) is 1. The molecule has 72 valence electrons. The van der Waals surface area contributed by atoms with Gasteiger partial charge in [0.2, 0.25) is 0 Å². The second kappa shape index (κ2) is 4.08. The maximum Gasteiger partial charge on any atom is 0.271 e. The first kappa shape index (κ1) is 9.79. The molecule has 1 heterocycles. The number of carbonyl (C=O) groups excluding carboxylic acids is 1. The van der Waals surface area contributed by atoms with Crippen LogP contribution in [-0.4, -0.2) is 29.0 Å². The molecule has 1 amide bonds. The first-order valence-corrected chi connectivity index (χ1v) is 4.37. The zero-order valence-corrected chi connectivity index (χ0v) is 8.15. The summed E-state index contributed by atoms with van der Waals surface area (Å²) < 4.78 is 0. The lowest BCUT2D eigenvalue weighted by atomic mass is 10.4. The Morgan fingerprint density at radius 2 is 2.54 bits per heavy atom. The smallest absolute Gasteiger partial charge is 0.271 e. The van der Waals surface area contributed by atoms with Gasteiger partial charge in [-0.05, 0) is 25.2 Å². The van der Waals surface area contributed by atoms with E-state index in [0.29, 0.717) is 18.8 Å². The summed E-state index contributed by atoms with van der Waals surface area (Å²) in [6, 6.07) is 0. The van der Waals surface area contributed by atoms with Crippen molar-refractivity contribution in [2.24, 2.45) is 5.73 Å². The number of hydrogen-bond donors (Lipinski definition) is 3. The first-order chi connectivity index (χ1) is 6.15. The second-order valence-corrected chi connectivity index (χ2v) is 3.02. The average molecular weight is 200 g/mol. The van der Waals surface area contributed by atoms with Crippen LogP contribution in [0.3, 0.4) is 0 Å². The van der Waals surface area contributed by atoms with E-state index in [0.717, 1.165) is 0 Å². The van der Waals surface area contributed by atoms with Gasteiger partial charge in [-0.25, -0.2) is 0 Å². The fraction of sp³-hybridized carbons (Fsp3) is 0.429. The van der Waals surface area contributed by atoms with E-state index in [-0.39, 0.29) is 11.0 Å². The Kier molecular flexibility index (Phi) is 3.07. The van der Waals surface area contributed by atoms with Gasteiger partial charge in [-0.3, -0.25) is 15.6 Å². The van der Waals surface area contributed by atoms with Crippen molar-refractivity contribution in [3.63, 3.8) is 0 Å². The normalized spacial score (nSPS) is 15.6. The third-order valence-electron chi connectivity index (χ3n) is 1.74. The molecule has 4 N–H and O–H groups in total. The lowest BCUT2D eigenvalue weighted by molar-refractivity contribution is -0.125. The largest absolute Gasteiger partial charge is 0.375 e. The van der Waals surface area contributed by atoms with Crippen molar-refractivity contribution in [3.8, 4) is 0 Å². The van der Waals surface area contributed by atoms with Crippen LogP contribution in [0.15, 0.2) is 11.8 Å². The number of likely N-dealkylation sites (N-methyl/N-ethyl adjacent to an activating group) is 1. The predicted molar refractivity (Wildman–Crippen MR) is 53.4 cm³/mol. The van der Waals surface area contributed by atoms with Gasteiger partial charge in [0, 0.05) is 13.1 Å². The van der Waals surface area contributed by atoms with Crippen molar-refractivity contribution in [3.05, 3.63) is 11.8 Å². The number of hydrazine groups is 1. The van der Waals surface area contributed by atoms with Gasteiger partial charge >= 0.3 is 0 Å². The number of nitrogens with one attached hydrogen (secondary N) is 2. The molecule has 0 saturated heterocycles. The van der Waals surface area contributed by atoms with E-state index in [1.165, 1.54) is 0 Å². The number of amides is 1. The Morgan fingerprint density at radius 1 is 1.85 bits per heavy atom. The number of hydrogen-bond acceptors (Lipinski definition) is 3. The van der Waals surface area contributed by atoms with Gasteiger partial charge < -0.3 is 10.6 Å². The van der Waals surface area contributed by atoms with Crippen molar-refractivity contribution >= 4 is 23.2 Å². The van der Waals surface area contributed by atoms with Gasteiger partial charge in [0.05, 0.1) is 0 Å². The molecule has 0 saturated carbocycles. The van der Waals surface area contributed by atoms with E-state index in [1.54, 1.807) is 11.0 Å². The van der Waals surface area contributed by atoms with Gasteiger partial charge in [-0.2, -0.15) is 0 Å². The van der Waals surface area contributed by atoms with E-state index in [2.05, 4.69) is 23.1 Å². The molecular weight excluding hydrogens is 188 g/mol. The number of thiocarbonyl (C=S) groups is 1. The Labute approximate surface area is 81.9 Å². The van der Waals surface area contributed by atoms with Crippen molar-refractivity contribution in [2.75, 3.05) is 13.1 Å². The Morgan fingerprint density at radius 3 is 3.00 bits per heavy atom. The highest BCUT2D eigenvalue weighted by atomic mass is 32.1. The minimum absolute atomic E-state index is 0.0359. The van der Waals surface area contributed by atoms with Crippen LogP contribution in [0.2, 0.25) is 0 Å². The van der Waals surface area contributed by atoms with Gasteiger partial charge in [0.1, 0.15) is 5.70 Å². The topological polar surface area (TPSA) is 70.4 Å². The minimum Gasteiger partial charge on any atom is -0.375 e. The number of nitrogens with two attached hydrogens (primary N) is 1. The summed E-state index contributed by atoms with van der Waals surface area (Å²) in [6.45, 7) is 3.26. The fourth-order valence-electron chi connectivity index (χ4n) is 1.05. The molecule has 0 fully saturated rings. The molecule has 1 aliphatic rings. The second-order valence-electron chi connectivity index (χ2n) is 2.58. The van der Waals surface area contributed by atoms with E-state index >= 15 is 0 Å². The van der Waals surface area contributed by atoms with E-state index in [1.807, 2.05) is 6.92 Å². The summed E-state index contributed by atoms with van der Waals surface area (Å²) in [5.74, 6) is -0.0359. The Balaban J connectivity index is 2.45. The number of rotatable bonds is 3. The molecule has 5 nitrogen and oxygen atoms in total. The van der Waals surface area contributed by atoms with Crippen LogP contribution in [0.5, 0.6) is 0 Å². The van der Waals surface area contributed by atoms with Crippen LogP contribution >= 0.6 is 12.2 Å². The SMILES string of the molecule is CCN1CC=C(NNC(N)=S)C1=O. The third kappa shape index (κ3) is 2.32. The van der Waals surface area contributed by atoms with Gasteiger partial charge in [0.25, 0.3) is 5.91 Å². The Hall–Kier alpha value is -1.30. The molecule has 0 radical (unpaired) electrons. The molecule has 0 spiro atoms. The quantitative estimate of drug-likeness (QED) is 0.405. The molecule has 1 rings (SSSR count). The van der Waals surface area contributed by atoms with Crippen LogP contribution in [0.1, 0.15) is 6.92 Å².